The van der Waals surface area contributed by atoms with Crippen molar-refractivity contribution >= 4 is 34.8 Å². The van der Waals surface area contributed by atoms with Crippen molar-refractivity contribution in [3.63, 3.8) is 0 Å². The largest absolute Gasteiger partial charge is 0.383 e. The van der Waals surface area contributed by atoms with Crippen LogP contribution >= 0.6 is 0 Å². The molecular formula is C24H25F2N7O. The Morgan fingerprint density at radius 1 is 1.03 bits per heavy atom. The number of hydrogen-bond acceptors (Lipinski definition) is 7. The zero-order chi connectivity index (χ0) is 24.2. The average molecular weight is 466 g/mol. The third-order valence-corrected chi connectivity index (χ3v) is 5.62. The van der Waals surface area contributed by atoms with Crippen LogP contribution < -0.4 is 21.3 Å². The summed E-state index contributed by atoms with van der Waals surface area (Å²) in [5, 5.41) is 13.5. The molecule has 34 heavy (non-hydrogen) atoms. The number of nitrogens with two attached hydrogens (primary N) is 1. The van der Waals surface area contributed by atoms with Gasteiger partial charge < -0.3 is 26.2 Å². The highest BCUT2D eigenvalue weighted by Gasteiger charge is 2.16. The van der Waals surface area contributed by atoms with Gasteiger partial charge in [-0.3, -0.25) is 10.2 Å². The van der Waals surface area contributed by atoms with Gasteiger partial charge in [-0.2, -0.15) is 0 Å². The van der Waals surface area contributed by atoms with Crippen LogP contribution in [0.25, 0.3) is 0 Å². The molecule has 0 bridgehead atoms. The predicted octanol–water partition coefficient (Wildman–Crippen LogP) is 3.19. The summed E-state index contributed by atoms with van der Waals surface area (Å²) < 4.78 is 26.9. The van der Waals surface area contributed by atoms with Crippen LogP contribution in [0.15, 0.2) is 54.6 Å². The van der Waals surface area contributed by atoms with Gasteiger partial charge in [-0.25, -0.2) is 13.8 Å². The fraction of sp³-hybridized carbons (Fsp3) is 0.208. The maximum Gasteiger partial charge on any atom is 0.256 e. The molecule has 2 aromatic carbocycles. The normalized spacial score (nSPS) is 14.0. The number of carbonyl (C=O) groups excluding carboxylic acids is 1. The zero-order valence-corrected chi connectivity index (χ0v) is 18.6. The highest BCUT2D eigenvalue weighted by Crippen LogP contribution is 2.22. The van der Waals surface area contributed by atoms with Gasteiger partial charge in [-0.15, -0.1) is 0 Å². The molecule has 176 valence electrons. The zero-order valence-electron chi connectivity index (χ0n) is 18.6. The van der Waals surface area contributed by atoms with E-state index < -0.39 is 17.5 Å². The van der Waals surface area contributed by atoms with E-state index in [0.717, 1.165) is 44.0 Å². The molecule has 0 unspecified atom stereocenters. The van der Waals surface area contributed by atoms with E-state index in [2.05, 4.69) is 32.5 Å². The molecule has 0 radical (unpaired) electrons. The third kappa shape index (κ3) is 5.29. The molecule has 2 heterocycles. The first-order chi connectivity index (χ1) is 16.3. The molecule has 1 aliphatic heterocycles. The van der Waals surface area contributed by atoms with Crippen LogP contribution in [0.3, 0.4) is 0 Å². The summed E-state index contributed by atoms with van der Waals surface area (Å²) in [6, 6.07) is 13.3. The maximum absolute atomic E-state index is 13.8. The van der Waals surface area contributed by atoms with Crippen molar-refractivity contribution in [3.05, 3.63) is 77.4 Å². The Labute approximate surface area is 195 Å². The number of benzene rings is 2. The van der Waals surface area contributed by atoms with Crippen LogP contribution in [0.1, 0.15) is 15.9 Å². The Morgan fingerprint density at radius 2 is 1.74 bits per heavy atom. The standard InChI is InChI=1S/C24H25F2N7O/c1-32-10-12-33(13-11-32)17-5-2-15(3-6-17)24(34)31-23(28)18-7-9-21(30-22(18)27)29-20-8-4-16(25)14-19(20)26/h2-9,14H,10-13H2,1H3,(H3,27,29,30)(H2,28,31,34). The van der Waals surface area contributed by atoms with Crippen molar-refractivity contribution in [1.29, 1.82) is 5.41 Å². The van der Waals surface area contributed by atoms with E-state index in [1.165, 1.54) is 18.2 Å². The molecule has 0 atom stereocenters. The predicted molar refractivity (Wildman–Crippen MR) is 129 cm³/mol. The lowest BCUT2D eigenvalue weighted by molar-refractivity contribution is 0.0977. The number of aromatic nitrogens is 1. The average Bonchev–Trinajstić information content (AvgIpc) is 2.81. The first kappa shape index (κ1) is 23.1. The SMILES string of the molecule is CN1CCN(c2ccc(C(=O)NC(=N)c3ccc(Nc4ccc(F)cc4F)nc3N)cc2)CC1. The Hall–Kier alpha value is -4.05. The van der Waals surface area contributed by atoms with E-state index in [1.807, 2.05) is 12.1 Å². The number of piperazine rings is 1. The molecule has 1 amide bonds. The van der Waals surface area contributed by atoms with Crippen molar-refractivity contribution in [2.24, 2.45) is 0 Å². The van der Waals surface area contributed by atoms with Crippen molar-refractivity contribution in [2.75, 3.05) is 49.2 Å². The van der Waals surface area contributed by atoms with Crippen molar-refractivity contribution < 1.29 is 13.6 Å². The number of nitrogens with zero attached hydrogens (tertiary/aromatic N) is 3. The molecule has 0 aliphatic carbocycles. The van der Waals surface area contributed by atoms with Gasteiger partial charge >= 0.3 is 0 Å². The Morgan fingerprint density at radius 3 is 2.38 bits per heavy atom. The summed E-state index contributed by atoms with van der Waals surface area (Å²) in [4.78, 5) is 21.3. The summed E-state index contributed by atoms with van der Waals surface area (Å²) in [6.45, 7) is 3.83. The molecule has 1 aliphatic rings. The quantitative estimate of drug-likeness (QED) is 0.340. The van der Waals surface area contributed by atoms with Gasteiger partial charge in [-0.1, -0.05) is 0 Å². The molecule has 0 saturated carbocycles. The second kappa shape index (κ2) is 9.84. The van der Waals surface area contributed by atoms with Gasteiger partial charge in [0.05, 0.1) is 11.3 Å². The van der Waals surface area contributed by atoms with Crippen LogP contribution in [-0.4, -0.2) is 54.9 Å². The second-order valence-electron chi connectivity index (χ2n) is 8.04. The van der Waals surface area contributed by atoms with Gasteiger partial charge in [0.25, 0.3) is 5.91 Å². The fourth-order valence-corrected chi connectivity index (χ4v) is 3.63. The molecule has 4 rings (SSSR count). The number of nitrogen functional groups attached to an aromatic ring is 1. The van der Waals surface area contributed by atoms with E-state index in [0.29, 0.717) is 5.56 Å². The van der Waals surface area contributed by atoms with E-state index in [4.69, 9.17) is 11.1 Å². The molecule has 1 fully saturated rings. The summed E-state index contributed by atoms with van der Waals surface area (Å²) in [6.07, 6.45) is 0. The smallest absolute Gasteiger partial charge is 0.256 e. The highest BCUT2D eigenvalue weighted by atomic mass is 19.1. The first-order valence-corrected chi connectivity index (χ1v) is 10.7. The van der Waals surface area contributed by atoms with Gasteiger partial charge in [-0.05, 0) is 55.6 Å². The first-order valence-electron chi connectivity index (χ1n) is 10.7. The molecular weight excluding hydrogens is 440 g/mol. The van der Waals surface area contributed by atoms with Gasteiger partial charge in [0.1, 0.15) is 29.1 Å². The van der Waals surface area contributed by atoms with Crippen molar-refractivity contribution in [1.82, 2.24) is 15.2 Å². The van der Waals surface area contributed by atoms with Crippen LogP contribution in [-0.2, 0) is 0 Å². The maximum atomic E-state index is 13.8. The molecule has 10 heteroatoms. The topological polar surface area (TPSA) is 110 Å². The minimum atomic E-state index is -0.775. The molecule has 5 N–H and O–H groups in total. The summed E-state index contributed by atoms with van der Waals surface area (Å²) in [5.74, 6) is -1.93. The number of carbonyl (C=O) groups is 1. The summed E-state index contributed by atoms with van der Waals surface area (Å²) >= 11 is 0. The van der Waals surface area contributed by atoms with Crippen molar-refractivity contribution in [3.8, 4) is 0 Å². The number of nitrogens with one attached hydrogen (secondary N) is 3. The van der Waals surface area contributed by atoms with Crippen LogP contribution in [0.5, 0.6) is 0 Å². The van der Waals surface area contributed by atoms with Gasteiger partial charge in [0.15, 0.2) is 0 Å². The molecule has 0 spiro atoms. The Bertz CT molecular complexity index is 1210. The lowest BCUT2D eigenvalue weighted by Gasteiger charge is -2.34. The number of amidine groups is 1. The van der Waals surface area contributed by atoms with Crippen molar-refractivity contribution in [2.45, 2.75) is 0 Å². The minimum Gasteiger partial charge on any atom is -0.383 e. The Balaban J connectivity index is 1.39. The molecule has 1 aromatic heterocycles. The van der Waals surface area contributed by atoms with E-state index in [-0.39, 0.29) is 28.7 Å². The monoisotopic (exact) mass is 465 g/mol. The number of halogens is 2. The molecule has 8 nitrogen and oxygen atoms in total. The van der Waals surface area contributed by atoms with Gasteiger partial charge in [0.2, 0.25) is 0 Å². The fourth-order valence-electron chi connectivity index (χ4n) is 3.63. The number of hydrogen-bond donors (Lipinski definition) is 4. The minimum absolute atomic E-state index is 0.0248. The van der Waals surface area contributed by atoms with Crippen LogP contribution in [0.2, 0.25) is 0 Å². The Kier molecular flexibility index (Phi) is 6.69. The van der Waals surface area contributed by atoms with Crippen LogP contribution in [0.4, 0.5) is 31.8 Å². The van der Waals surface area contributed by atoms with E-state index >= 15 is 0 Å². The lowest BCUT2D eigenvalue weighted by Crippen LogP contribution is -2.44. The second-order valence-corrected chi connectivity index (χ2v) is 8.04. The summed E-state index contributed by atoms with van der Waals surface area (Å²) in [5.41, 5.74) is 7.67. The number of amides is 1. The van der Waals surface area contributed by atoms with Gasteiger partial charge in [0, 0.05) is 43.5 Å². The molecule has 1 saturated heterocycles. The van der Waals surface area contributed by atoms with E-state index in [9.17, 15) is 13.6 Å². The third-order valence-electron chi connectivity index (χ3n) is 5.62. The number of pyridine rings is 1. The number of rotatable bonds is 5. The highest BCUT2D eigenvalue weighted by molar-refractivity contribution is 6.13. The molecule has 3 aromatic rings. The number of anilines is 4. The lowest BCUT2D eigenvalue weighted by atomic mass is 10.1. The van der Waals surface area contributed by atoms with E-state index in [1.54, 1.807) is 12.1 Å². The summed E-state index contributed by atoms with van der Waals surface area (Å²) in [7, 11) is 2.09. The number of likely N-dealkylation sites (N-methyl/N-ethyl adjacent to an activating group) is 1. The van der Waals surface area contributed by atoms with Crippen LogP contribution in [0, 0.1) is 17.0 Å².